The van der Waals surface area contributed by atoms with E-state index >= 15 is 0 Å². The average Bonchev–Trinajstić information content (AvgIpc) is 2.94. The number of nitrogens with zero attached hydrogens (tertiary/aromatic N) is 1. The maximum atomic E-state index is 5.50. The standard InChI is InChI=1S/C18H25NO2/c1-4-19-12-11-18(10-6-5-7-17(18)19)14-8-9-15(20-2)16(13-14)21-3/h6,8-10,13,17H,4-5,7,11-12H2,1-3H3/t17?,18-/m0/s1. The van der Waals surface area contributed by atoms with Crippen molar-refractivity contribution in [1.82, 2.24) is 4.90 Å². The zero-order valence-corrected chi connectivity index (χ0v) is 13.3. The van der Waals surface area contributed by atoms with Gasteiger partial charge in [0.1, 0.15) is 0 Å². The van der Waals surface area contributed by atoms with E-state index in [0.717, 1.165) is 18.0 Å². The van der Waals surface area contributed by atoms with Gasteiger partial charge in [0, 0.05) is 11.5 Å². The summed E-state index contributed by atoms with van der Waals surface area (Å²) >= 11 is 0. The second-order valence-corrected chi connectivity index (χ2v) is 5.98. The van der Waals surface area contributed by atoms with Crippen molar-refractivity contribution < 1.29 is 9.47 Å². The Morgan fingerprint density at radius 3 is 2.76 bits per heavy atom. The number of rotatable bonds is 4. The molecule has 0 aromatic heterocycles. The number of likely N-dealkylation sites (tertiary alicyclic amines) is 1. The maximum absolute atomic E-state index is 5.50. The predicted molar refractivity (Wildman–Crippen MR) is 85.3 cm³/mol. The van der Waals surface area contributed by atoms with Gasteiger partial charge in [0.05, 0.1) is 14.2 Å². The second-order valence-electron chi connectivity index (χ2n) is 5.98. The van der Waals surface area contributed by atoms with E-state index in [0.29, 0.717) is 6.04 Å². The first-order valence-corrected chi connectivity index (χ1v) is 7.89. The number of allylic oxidation sites excluding steroid dienone is 1. The van der Waals surface area contributed by atoms with Gasteiger partial charge in [-0.1, -0.05) is 25.1 Å². The first-order chi connectivity index (χ1) is 10.2. The molecule has 1 aromatic carbocycles. The lowest BCUT2D eigenvalue weighted by Gasteiger charge is -2.39. The van der Waals surface area contributed by atoms with Crippen LogP contribution < -0.4 is 9.47 Å². The quantitative estimate of drug-likeness (QED) is 0.792. The molecule has 0 N–H and O–H groups in total. The largest absolute Gasteiger partial charge is 0.493 e. The van der Waals surface area contributed by atoms with Gasteiger partial charge in [-0.15, -0.1) is 0 Å². The number of hydrogen-bond donors (Lipinski definition) is 0. The van der Waals surface area contributed by atoms with Gasteiger partial charge < -0.3 is 9.47 Å². The molecule has 1 aliphatic heterocycles. The normalized spacial score (nSPS) is 28.4. The minimum Gasteiger partial charge on any atom is -0.493 e. The van der Waals surface area contributed by atoms with Gasteiger partial charge in [0.25, 0.3) is 0 Å². The lowest BCUT2D eigenvalue weighted by Crippen LogP contribution is -2.42. The summed E-state index contributed by atoms with van der Waals surface area (Å²) in [7, 11) is 3.40. The van der Waals surface area contributed by atoms with Crippen LogP contribution in [0, 0.1) is 0 Å². The molecule has 1 aromatic rings. The van der Waals surface area contributed by atoms with E-state index in [1.807, 2.05) is 6.07 Å². The van der Waals surface area contributed by atoms with Crippen molar-refractivity contribution in [2.75, 3.05) is 27.3 Å². The molecule has 2 aliphatic rings. The molecular weight excluding hydrogens is 262 g/mol. The molecule has 1 fully saturated rings. The van der Waals surface area contributed by atoms with Gasteiger partial charge in [0.2, 0.25) is 0 Å². The Morgan fingerprint density at radius 2 is 2.05 bits per heavy atom. The smallest absolute Gasteiger partial charge is 0.161 e. The van der Waals surface area contributed by atoms with Gasteiger partial charge >= 0.3 is 0 Å². The van der Waals surface area contributed by atoms with Crippen LogP contribution in [-0.2, 0) is 5.41 Å². The Morgan fingerprint density at radius 1 is 1.24 bits per heavy atom. The van der Waals surface area contributed by atoms with E-state index in [1.54, 1.807) is 14.2 Å². The highest BCUT2D eigenvalue weighted by atomic mass is 16.5. The molecule has 1 saturated heterocycles. The summed E-state index contributed by atoms with van der Waals surface area (Å²) in [6.45, 7) is 4.58. The summed E-state index contributed by atoms with van der Waals surface area (Å²) in [4.78, 5) is 2.63. The Hall–Kier alpha value is -1.48. The summed E-state index contributed by atoms with van der Waals surface area (Å²) in [6, 6.07) is 7.03. The van der Waals surface area contributed by atoms with E-state index in [9.17, 15) is 0 Å². The Kier molecular flexibility index (Phi) is 3.94. The van der Waals surface area contributed by atoms with Crippen molar-refractivity contribution in [2.24, 2.45) is 0 Å². The molecular formula is C18H25NO2. The van der Waals surface area contributed by atoms with Gasteiger partial charge in [-0.3, -0.25) is 4.90 Å². The zero-order valence-electron chi connectivity index (χ0n) is 13.3. The van der Waals surface area contributed by atoms with E-state index in [2.05, 4.69) is 36.1 Å². The molecule has 0 amide bonds. The van der Waals surface area contributed by atoms with E-state index in [-0.39, 0.29) is 5.41 Å². The van der Waals surface area contributed by atoms with Crippen molar-refractivity contribution in [3.05, 3.63) is 35.9 Å². The first-order valence-electron chi connectivity index (χ1n) is 7.89. The van der Waals surface area contributed by atoms with Crippen molar-refractivity contribution in [3.63, 3.8) is 0 Å². The number of benzene rings is 1. The monoisotopic (exact) mass is 287 g/mol. The molecule has 2 atom stereocenters. The molecule has 0 spiro atoms. The van der Waals surface area contributed by atoms with Crippen molar-refractivity contribution in [3.8, 4) is 11.5 Å². The van der Waals surface area contributed by atoms with Gasteiger partial charge in [-0.05, 0) is 50.0 Å². The summed E-state index contributed by atoms with van der Waals surface area (Å²) in [6.07, 6.45) is 8.43. The SMILES string of the molecule is CCN1CC[C@]2(c3ccc(OC)c(OC)c3)C=CCCC12. The van der Waals surface area contributed by atoms with Gasteiger partial charge in [0.15, 0.2) is 11.5 Å². The fourth-order valence-electron chi connectivity index (χ4n) is 4.10. The van der Waals surface area contributed by atoms with Crippen LogP contribution in [-0.4, -0.2) is 38.3 Å². The summed E-state index contributed by atoms with van der Waals surface area (Å²) in [5.74, 6) is 1.64. The molecule has 21 heavy (non-hydrogen) atoms. The molecule has 0 radical (unpaired) electrons. The predicted octanol–water partition coefficient (Wildman–Crippen LogP) is 3.39. The molecule has 1 aliphatic carbocycles. The maximum Gasteiger partial charge on any atom is 0.161 e. The summed E-state index contributed by atoms with van der Waals surface area (Å²) < 4.78 is 10.9. The van der Waals surface area contributed by atoms with E-state index < -0.39 is 0 Å². The van der Waals surface area contributed by atoms with Crippen molar-refractivity contribution in [1.29, 1.82) is 0 Å². The third kappa shape index (κ3) is 2.24. The fourth-order valence-corrected chi connectivity index (χ4v) is 4.10. The zero-order chi connectivity index (χ0) is 14.9. The molecule has 114 valence electrons. The Bertz CT molecular complexity index is 540. The average molecular weight is 287 g/mol. The Labute approximate surface area is 127 Å². The number of hydrogen-bond acceptors (Lipinski definition) is 3. The van der Waals surface area contributed by atoms with Gasteiger partial charge in [-0.2, -0.15) is 0 Å². The Balaban J connectivity index is 2.04. The van der Waals surface area contributed by atoms with E-state index in [4.69, 9.17) is 9.47 Å². The molecule has 1 unspecified atom stereocenters. The lowest BCUT2D eigenvalue weighted by molar-refractivity contribution is 0.217. The third-order valence-electron chi connectivity index (χ3n) is 5.20. The van der Waals surface area contributed by atoms with Gasteiger partial charge in [-0.25, -0.2) is 0 Å². The van der Waals surface area contributed by atoms with Crippen LogP contribution in [0.3, 0.4) is 0 Å². The topological polar surface area (TPSA) is 21.7 Å². The number of likely N-dealkylation sites (N-methyl/N-ethyl adjacent to an activating group) is 1. The van der Waals surface area contributed by atoms with Crippen LogP contribution in [0.25, 0.3) is 0 Å². The molecule has 0 saturated carbocycles. The molecule has 0 bridgehead atoms. The van der Waals surface area contributed by atoms with E-state index in [1.165, 1.54) is 31.4 Å². The lowest BCUT2D eigenvalue weighted by atomic mass is 9.70. The highest BCUT2D eigenvalue weighted by molar-refractivity contribution is 5.48. The van der Waals surface area contributed by atoms with Crippen LogP contribution in [0.5, 0.6) is 11.5 Å². The fraction of sp³-hybridized carbons (Fsp3) is 0.556. The van der Waals surface area contributed by atoms with Crippen LogP contribution in [0.1, 0.15) is 31.7 Å². The molecule has 3 nitrogen and oxygen atoms in total. The first kappa shape index (κ1) is 14.5. The number of fused-ring (bicyclic) bond motifs is 1. The third-order valence-corrected chi connectivity index (χ3v) is 5.20. The van der Waals surface area contributed by atoms with Crippen LogP contribution >= 0.6 is 0 Å². The summed E-state index contributed by atoms with van der Waals surface area (Å²) in [5, 5.41) is 0. The van der Waals surface area contributed by atoms with Crippen molar-refractivity contribution in [2.45, 2.75) is 37.6 Å². The minimum absolute atomic E-state index is 0.147. The molecule has 3 heteroatoms. The second kappa shape index (κ2) is 5.72. The van der Waals surface area contributed by atoms with Crippen LogP contribution in [0.4, 0.5) is 0 Å². The van der Waals surface area contributed by atoms with Crippen molar-refractivity contribution >= 4 is 0 Å². The highest BCUT2D eigenvalue weighted by Gasteiger charge is 2.47. The highest BCUT2D eigenvalue weighted by Crippen LogP contribution is 2.47. The van der Waals surface area contributed by atoms with Crippen LogP contribution in [0.15, 0.2) is 30.4 Å². The van der Waals surface area contributed by atoms with Crippen LogP contribution in [0.2, 0.25) is 0 Å². The summed E-state index contributed by atoms with van der Waals surface area (Å²) in [5.41, 5.74) is 1.51. The molecule has 3 rings (SSSR count). The molecule has 1 heterocycles. The minimum atomic E-state index is 0.147. The number of ether oxygens (including phenoxy) is 2. The number of methoxy groups -OCH3 is 2.